The molecule has 0 spiro atoms. The lowest BCUT2D eigenvalue weighted by atomic mass is 9.98. The lowest BCUT2D eigenvalue weighted by Gasteiger charge is -2.19. The molecule has 1 amide bonds. The number of amides is 1. The SMILES string of the molecule is CS(=O)(=O)c1ccc(-c2cccc(N)c2)c(C(=O)N2Cc3cc(C(F)(F)F)cnc3C2)c1. The number of carbonyl (C=O) groups excluding carboxylic acids is 1. The first kappa shape index (κ1) is 21.8. The molecule has 2 aromatic carbocycles. The van der Waals surface area contributed by atoms with Gasteiger partial charge in [-0.2, -0.15) is 13.2 Å². The van der Waals surface area contributed by atoms with Crippen molar-refractivity contribution in [2.75, 3.05) is 12.0 Å². The summed E-state index contributed by atoms with van der Waals surface area (Å²) in [6.07, 6.45) is -2.76. The van der Waals surface area contributed by atoms with Crippen molar-refractivity contribution < 1.29 is 26.4 Å². The van der Waals surface area contributed by atoms with Gasteiger partial charge in [0.2, 0.25) is 0 Å². The highest BCUT2D eigenvalue weighted by Crippen LogP contribution is 2.34. The van der Waals surface area contributed by atoms with Gasteiger partial charge in [-0.1, -0.05) is 18.2 Å². The first-order valence-electron chi connectivity index (χ1n) is 9.48. The van der Waals surface area contributed by atoms with Crippen molar-refractivity contribution >= 4 is 21.4 Å². The number of hydrogen-bond donors (Lipinski definition) is 1. The van der Waals surface area contributed by atoms with Crippen molar-refractivity contribution in [3.63, 3.8) is 0 Å². The highest BCUT2D eigenvalue weighted by Gasteiger charge is 2.34. The third-order valence-corrected chi connectivity index (χ3v) is 6.33. The summed E-state index contributed by atoms with van der Waals surface area (Å²) in [4.78, 5) is 18.6. The maximum absolute atomic E-state index is 13.4. The van der Waals surface area contributed by atoms with Gasteiger partial charge in [-0.3, -0.25) is 9.78 Å². The molecule has 6 nitrogen and oxygen atoms in total. The predicted octanol–water partition coefficient (Wildman–Crippen LogP) is 3.91. The van der Waals surface area contributed by atoms with E-state index in [1.807, 2.05) is 0 Å². The third-order valence-electron chi connectivity index (χ3n) is 5.22. The minimum absolute atomic E-state index is 0.0196. The molecule has 0 saturated carbocycles. The molecule has 2 N–H and O–H groups in total. The number of anilines is 1. The number of benzene rings is 2. The molecule has 0 bridgehead atoms. The van der Waals surface area contributed by atoms with Crippen molar-refractivity contribution in [1.29, 1.82) is 0 Å². The van der Waals surface area contributed by atoms with Gasteiger partial charge in [-0.25, -0.2) is 8.42 Å². The van der Waals surface area contributed by atoms with Gasteiger partial charge < -0.3 is 10.6 Å². The number of nitrogens with two attached hydrogens (primary N) is 1. The fourth-order valence-electron chi connectivity index (χ4n) is 3.62. The molecule has 1 aliphatic rings. The molecule has 0 unspecified atom stereocenters. The third kappa shape index (κ3) is 4.18. The number of sulfone groups is 1. The number of nitrogen functional groups attached to an aromatic ring is 1. The highest BCUT2D eigenvalue weighted by atomic mass is 32.2. The van der Waals surface area contributed by atoms with E-state index in [2.05, 4.69) is 4.98 Å². The van der Waals surface area contributed by atoms with E-state index in [1.165, 1.54) is 23.1 Å². The van der Waals surface area contributed by atoms with Crippen molar-refractivity contribution in [2.45, 2.75) is 24.2 Å². The number of alkyl halides is 3. The predicted molar refractivity (Wildman–Crippen MR) is 112 cm³/mol. The van der Waals surface area contributed by atoms with E-state index >= 15 is 0 Å². The normalized spacial score (nSPS) is 13.8. The first-order valence-corrected chi connectivity index (χ1v) is 11.4. The van der Waals surface area contributed by atoms with Gasteiger partial charge in [-0.05, 0) is 47.0 Å². The Bertz CT molecular complexity index is 1340. The van der Waals surface area contributed by atoms with Crippen LogP contribution >= 0.6 is 0 Å². The van der Waals surface area contributed by atoms with E-state index in [1.54, 1.807) is 24.3 Å². The van der Waals surface area contributed by atoms with Crippen molar-refractivity contribution in [2.24, 2.45) is 0 Å². The van der Waals surface area contributed by atoms with Gasteiger partial charge in [0.1, 0.15) is 0 Å². The molecule has 2 heterocycles. The molecule has 1 aromatic heterocycles. The maximum atomic E-state index is 13.4. The van der Waals surface area contributed by atoms with E-state index in [0.29, 0.717) is 28.1 Å². The summed E-state index contributed by atoms with van der Waals surface area (Å²) >= 11 is 0. The van der Waals surface area contributed by atoms with Crippen LogP contribution in [0, 0.1) is 0 Å². The highest BCUT2D eigenvalue weighted by molar-refractivity contribution is 7.90. The Kier molecular flexibility index (Phi) is 5.20. The number of aromatic nitrogens is 1. The largest absolute Gasteiger partial charge is 0.417 e. The van der Waals surface area contributed by atoms with Crippen LogP contribution in [0.5, 0.6) is 0 Å². The molecule has 0 atom stereocenters. The van der Waals surface area contributed by atoms with Crippen molar-refractivity contribution in [1.82, 2.24) is 9.88 Å². The Hall–Kier alpha value is -3.40. The lowest BCUT2D eigenvalue weighted by Crippen LogP contribution is -2.26. The Morgan fingerprint density at radius 3 is 2.50 bits per heavy atom. The summed E-state index contributed by atoms with van der Waals surface area (Å²) in [7, 11) is -3.60. The van der Waals surface area contributed by atoms with Crippen LogP contribution in [0.15, 0.2) is 59.6 Å². The van der Waals surface area contributed by atoms with Crippen molar-refractivity contribution in [3.8, 4) is 11.1 Å². The average molecular weight is 461 g/mol. The van der Waals surface area contributed by atoms with E-state index in [4.69, 9.17) is 5.73 Å². The number of carbonyl (C=O) groups is 1. The number of halogens is 3. The monoisotopic (exact) mass is 461 g/mol. The quantitative estimate of drug-likeness (QED) is 0.597. The summed E-state index contributed by atoms with van der Waals surface area (Å²) < 4.78 is 63.2. The second-order valence-corrected chi connectivity index (χ2v) is 9.61. The molecule has 166 valence electrons. The Morgan fingerprint density at radius 1 is 1.09 bits per heavy atom. The van der Waals surface area contributed by atoms with Crippen LogP contribution < -0.4 is 5.73 Å². The second-order valence-electron chi connectivity index (χ2n) is 7.59. The zero-order valence-electron chi connectivity index (χ0n) is 16.8. The van der Waals surface area contributed by atoms with Crippen LogP contribution in [0.4, 0.5) is 18.9 Å². The van der Waals surface area contributed by atoms with E-state index in [9.17, 15) is 26.4 Å². The second kappa shape index (κ2) is 7.63. The summed E-state index contributed by atoms with van der Waals surface area (Å²) in [6.45, 7) is -0.0453. The van der Waals surface area contributed by atoms with Gasteiger partial charge in [0, 0.05) is 30.2 Å². The Balaban J connectivity index is 1.75. The molecule has 0 saturated heterocycles. The fraction of sp³-hybridized carbons (Fsp3) is 0.182. The van der Waals surface area contributed by atoms with Crippen LogP contribution in [0.3, 0.4) is 0 Å². The van der Waals surface area contributed by atoms with Crippen LogP contribution in [0.1, 0.15) is 27.2 Å². The number of pyridine rings is 1. The molecule has 0 aliphatic carbocycles. The van der Waals surface area contributed by atoms with Crippen molar-refractivity contribution in [3.05, 3.63) is 77.1 Å². The minimum Gasteiger partial charge on any atom is -0.399 e. The summed E-state index contributed by atoms with van der Waals surface area (Å²) in [5, 5.41) is 0. The summed E-state index contributed by atoms with van der Waals surface area (Å²) in [6, 6.07) is 12.0. The fourth-order valence-corrected chi connectivity index (χ4v) is 4.27. The van der Waals surface area contributed by atoms with Gasteiger partial charge >= 0.3 is 6.18 Å². The molecule has 10 heteroatoms. The van der Waals surface area contributed by atoms with Gasteiger partial charge in [0.05, 0.1) is 22.7 Å². The Morgan fingerprint density at radius 2 is 1.84 bits per heavy atom. The minimum atomic E-state index is -4.54. The van der Waals surface area contributed by atoms with Gasteiger partial charge in [-0.15, -0.1) is 0 Å². The molecule has 0 fully saturated rings. The zero-order chi connectivity index (χ0) is 23.3. The van der Waals surface area contributed by atoms with Gasteiger partial charge in [0.25, 0.3) is 5.91 Å². The Labute approximate surface area is 182 Å². The number of hydrogen-bond acceptors (Lipinski definition) is 5. The van der Waals surface area contributed by atoms with Crippen LogP contribution in [0.2, 0.25) is 0 Å². The molecule has 3 aromatic rings. The van der Waals surface area contributed by atoms with Gasteiger partial charge in [0.15, 0.2) is 9.84 Å². The zero-order valence-corrected chi connectivity index (χ0v) is 17.7. The smallest absolute Gasteiger partial charge is 0.399 e. The van der Waals surface area contributed by atoms with E-state index in [-0.39, 0.29) is 23.5 Å². The molecular formula is C22H18F3N3O3S. The standard InChI is InChI=1S/C22H18F3N3O3S/c1-32(30,31)17-5-6-18(13-3-2-4-16(26)8-13)19(9-17)21(29)28-11-14-7-15(22(23,24)25)10-27-20(14)12-28/h2-10H,11-12,26H2,1H3. The van der Waals surface area contributed by atoms with Crippen LogP contribution in [-0.2, 0) is 29.1 Å². The molecule has 32 heavy (non-hydrogen) atoms. The maximum Gasteiger partial charge on any atom is 0.417 e. The molecule has 4 rings (SSSR count). The topological polar surface area (TPSA) is 93.4 Å². The summed E-state index contributed by atoms with van der Waals surface area (Å²) in [5.74, 6) is -0.514. The number of rotatable bonds is 3. The van der Waals surface area contributed by atoms with Crippen LogP contribution in [-0.4, -0.2) is 30.5 Å². The first-order chi connectivity index (χ1) is 14.9. The molecule has 0 radical (unpaired) electrons. The van der Waals surface area contributed by atoms with E-state index in [0.717, 1.165) is 18.5 Å². The molecular weight excluding hydrogens is 443 g/mol. The lowest BCUT2D eigenvalue weighted by molar-refractivity contribution is -0.137. The summed E-state index contributed by atoms with van der Waals surface area (Å²) in [5.41, 5.74) is 7.31. The number of fused-ring (bicyclic) bond motifs is 1. The molecule has 1 aliphatic heterocycles. The average Bonchev–Trinajstić information content (AvgIpc) is 3.15. The van der Waals surface area contributed by atoms with Crippen LogP contribution in [0.25, 0.3) is 11.1 Å². The van der Waals surface area contributed by atoms with E-state index < -0.39 is 27.5 Å². The number of nitrogens with zero attached hydrogens (tertiary/aromatic N) is 2.